The van der Waals surface area contributed by atoms with Crippen molar-refractivity contribution in [2.75, 3.05) is 38.2 Å². The average molecular weight is 534 g/mol. The molecular formula is C21H26ClF2N5O5S. The number of rotatable bonds is 8. The molecule has 0 saturated carbocycles. The van der Waals surface area contributed by atoms with E-state index in [-0.39, 0.29) is 34.9 Å². The van der Waals surface area contributed by atoms with E-state index in [1.807, 2.05) is 0 Å². The van der Waals surface area contributed by atoms with Crippen LogP contribution < -0.4 is 15.6 Å². The number of aromatic nitrogens is 3. The highest BCUT2D eigenvalue weighted by Gasteiger charge is 2.32. The molecule has 14 heteroatoms. The summed E-state index contributed by atoms with van der Waals surface area (Å²) in [5.74, 6) is 0.112. The second-order valence-electron chi connectivity index (χ2n) is 8.43. The minimum atomic E-state index is -3.93. The van der Waals surface area contributed by atoms with Gasteiger partial charge in [0.2, 0.25) is 0 Å². The van der Waals surface area contributed by atoms with Gasteiger partial charge in [-0.15, -0.1) is 0 Å². The van der Waals surface area contributed by atoms with Crippen LogP contribution in [-0.2, 0) is 14.8 Å². The second-order valence-corrected chi connectivity index (χ2v) is 10.7. The van der Waals surface area contributed by atoms with Crippen LogP contribution in [0.2, 0.25) is 5.02 Å². The summed E-state index contributed by atoms with van der Waals surface area (Å²) in [6, 6.07) is 1.93. The summed E-state index contributed by atoms with van der Waals surface area (Å²) in [7, 11) is -3.93. The number of nitrogens with one attached hydrogen (secondary N) is 1. The van der Waals surface area contributed by atoms with Crippen LogP contribution in [0, 0.1) is 5.92 Å². The Hall–Kier alpha value is -2.35. The van der Waals surface area contributed by atoms with Crippen LogP contribution in [0.4, 0.5) is 14.5 Å². The fourth-order valence-corrected chi connectivity index (χ4v) is 5.79. The van der Waals surface area contributed by atoms with Crippen molar-refractivity contribution in [2.45, 2.75) is 43.4 Å². The van der Waals surface area contributed by atoms with Gasteiger partial charge in [0.1, 0.15) is 10.8 Å². The zero-order valence-electron chi connectivity index (χ0n) is 18.8. The van der Waals surface area contributed by atoms with E-state index >= 15 is 0 Å². The first-order valence-corrected chi connectivity index (χ1v) is 13.1. The first-order valence-electron chi connectivity index (χ1n) is 11.3. The topological polar surface area (TPSA) is 116 Å². The van der Waals surface area contributed by atoms with Crippen molar-refractivity contribution < 1.29 is 26.7 Å². The first kappa shape index (κ1) is 25.7. The van der Waals surface area contributed by atoms with Gasteiger partial charge < -0.3 is 14.8 Å². The van der Waals surface area contributed by atoms with Crippen molar-refractivity contribution in [3.05, 3.63) is 39.9 Å². The Kier molecular flexibility index (Phi) is 8.19. The molecule has 2 saturated heterocycles. The highest BCUT2D eigenvalue weighted by Crippen LogP contribution is 2.27. The number of hydrogen-bond donors (Lipinski definition) is 1. The molecule has 0 amide bonds. The lowest BCUT2D eigenvalue weighted by Gasteiger charge is -2.31. The normalized spacial score (nSPS) is 20.2. The van der Waals surface area contributed by atoms with Crippen LogP contribution in [-0.4, -0.2) is 66.9 Å². The minimum absolute atomic E-state index is 0.0436. The number of halogens is 3. The molecule has 1 atom stereocenters. The Balaban J connectivity index is 1.38. The molecule has 4 rings (SSSR count). The maximum atomic E-state index is 12.9. The lowest BCUT2D eigenvalue weighted by atomic mass is 10.0. The third kappa shape index (κ3) is 6.08. The fraction of sp³-hybridized carbons (Fsp3) is 0.571. The molecule has 1 N–H and O–H groups in total. The molecule has 10 nitrogen and oxygen atoms in total. The Morgan fingerprint density at radius 2 is 2.00 bits per heavy atom. The number of pyridine rings is 1. The molecule has 2 fully saturated rings. The van der Waals surface area contributed by atoms with E-state index in [4.69, 9.17) is 16.3 Å². The van der Waals surface area contributed by atoms with E-state index in [0.29, 0.717) is 37.6 Å². The lowest BCUT2D eigenvalue weighted by molar-refractivity contribution is -0.0501. The van der Waals surface area contributed by atoms with Crippen LogP contribution in [0.5, 0.6) is 5.75 Å². The van der Waals surface area contributed by atoms with Crippen molar-refractivity contribution in [1.82, 2.24) is 19.1 Å². The van der Waals surface area contributed by atoms with E-state index in [1.165, 1.54) is 15.2 Å². The predicted molar refractivity (Wildman–Crippen MR) is 123 cm³/mol. The van der Waals surface area contributed by atoms with Crippen molar-refractivity contribution in [2.24, 2.45) is 5.92 Å². The third-order valence-electron chi connectivity index (χ3n) is 6.09. The number of anilines is 1. The zero-order valence-corrected chi connectivity index (χ0v) is 20.4. The molecule has 2 aromatic rings. The van der Waals surface area contributed by atoms with Gasteiger partial charge in [-0.05, 0) is 43.7 Å². The number of nitrogens with zero attached hydrogens (tertiary/aromatic N) is 4. The van der Waals surface area contributed by atoms with Gasteiger partial charge in [-0.2, -0.15) is 18.2 Å². The van der Waals surface area contributed by atoms with Gasteiger partial charge in [0.05, 0.1) is 30.7 Å². The molecular weight excluding hydrogens is 508 g/mol. The summed E-state index contributed by atoms with van der Waals surface area (Å²) >= 11 is 6.32. The highest BCUT2D eigenvalue weighted by molar-refractivity contribution is 7.89. The number of ether oxygens (including phenoxy) is 2. The molecule has 2 aliphatic heterocycles. The van der Waals surface area contributed by atoms with E-state index in [2.05, 4.69) is 20.1 Å². The van der Waals surface area contributed by atoms with Crippen LogP contribution in [0.3, 0.4) is 0 Å². The van der Waals surface area contributed by atoms with E-state index in [0.717, 1.165) is 37.8 Å². The van der Waals surface area contributed by atoms with Crippen LogP contribution >= 0.6 is 11.6 Å². The van der Waals surface area contributed by atoms with Crippen LogP contribution in [0.15, 0.2) is 34.3 Å². The van der Waals surface area contributed by atoms with Crippen molar-refractivity contribution in [3.63, 3.8) is 0 Å². The fourth-order valence-electron chi connectivity index (χ4n) is 4.20. The number of sulfonamides is 1. The molecule has 2 aliphatic rings. The summed E-state index contributed by atoms with van der Waals surface area (Å²) < 4.78 is 62.6. The van der Waals surface area contributed by atoms with Crippen LogP contribution in [0.1, 0.15) is 31.7 Å². The molecule has 0 spiro atoms. The van der Waals surface area contributed by atoms with E-state index in [9.17, 15) is 22.0 Å². The maximum absolute atomic E-state index is 12.9. The lowest BCUT2D eigenvalue weighted by Crippen LogP contribution is -2.41. The third-order valence-corrected chi connectivity index (χ3v) is 8.27. The molecule has 192 valence electrons. The van der Waals surface area contributed by atoms with E-state index < -0.39 is 22.2 Å². The molecule has 0 aromatic carbocycles. The molecule has 35 heavy (non-hydrogen) atoms. The molecule has 0 radical (unpaired) electrons. The largest absolute Gasteiger partial charge is 0.433 e. The Labute approximate surface area is 206 Å². The summed E-state index contributed by atoms with van der Waals surface area (Å²) in [5.41, 5.74) is 0.0259. The molecule has 0 unspecified atom stereocenters. The smallest absolute Gasteiger partial charge is 0.387 e. The van der Waals surface area contributed by atoms with Crippen molar-refractivity contribution in [1.29, 1.82) is 0 Å². The van der Waals surface area contributed by atoms with Gasteiger partial charge in [-0.1, -0.05) is 11.6 Å². The summed E-state index contributed by atoms with van der Waals surface area (Å²) in [6.07, 6.45) is 5.20. The summed E-state index contributed by atoms with van der Waals surface area (Å²) in [6.45, 7) is -0.687. The average Bonchev–Trinajstić information content (AvgIpc) is 2.86. The van der Waals surface area contributed by atoms with Gasteiger partial charge in [-0.3, -0.25) is 4.79 Å². The molecule has 2 aromatic heterocycles. The predicted octanol–water partition coefficient (Wildman–Crippen LogP) is 2.76. The van der Waals surface area contributed by atoms with Gasteiger partial charge in [-0.25, -0.2) is 18.1 Å². The van der Waals surface area contributed by atoms with Gasteiger partial charge in [0.15, 0.2) is 5.03 Å². The van der Waals surface area contributed by atoms with Crippen molar-refractivity contribution >= 4 is 27.3 Å². The summed E-state index contributed by atoms with van der Waals surface area (Å²) in [5, 5.41) is 7.23. The van der Waals surface area contributed by atoms with Gasteiger partial charge in [0, 0.05) is 26.2 Å². The van der Waals surface area contributed by atoms with E-state index in [1.54, 1.807) is 0 Å². The van der Waals surface area contributed by atoms with Gasteiger partial charge in [0.25, 0.3) is 15.6 Å². The number of alkyl halides is 2. The highest BCUT2D eigenvalue weighted by atomic mass is 35.5. The van der Waals surface area contributed by atoms with Crippen LogP contribution in [0.25, 0.3) is 0 Å². The van der Waals surface area contributed by atoms with Gasteiger partial charge >= 0.3 is 6.61 Å². The maximum Gasteiger partial charge on any atom is 0.387 e. The Morgan fingerprint density at radius 3 is 2.63 bits per heavy atom. The minimum Gasteiger partial charge on any atom is -0.433 e. The molecule has 0 aliphatic carbocycles. The number of piperidine rings is 1. The number of hydrogen-bond acceptors (Lipinski definition) is 8. The Morgan fingerprint density at radius 1 is 1.23 bits per heavy atom. The Bertz CT molecular complexity index is 1170. The zero-order chi connectivity index (χ0) is 25.0. The quantitative estimate of drug-likeness (QED) is 0.551. The SMILES string of the molecule is O=c1c(Cl)c(NC[C@H]2CCCOC2)cnn1C1CCN(S(=O)(=O)c2ccc(OC(F)F)cn2)CC1. The van der Waals surface area contributed by atoms with Crippen molar-refractivity contribution in [3.8, 4) is 5.75 Å². The first-order chi connectivity index (χ1) is 16.8. The summed E-state index contributed by atoms with van der Waals surface area (Å²) in [4.78, 5) is 16.6. The molecule has 4 heterocycles. The molecule has 0 bridgehead atoms. The standard InChI is InChI=1S/C21H26ClF2N5O5S/c22-19-17(25-10-14-2-1-9-33-13-14)12-27-29(20(19)30)15-5-7-28(8-6-15)35(31,32)18-4-3-16(11-26-18)34-21(23)24/h3-4,11-12,14-15,21,25H,1-2,5-10,13H2/t14-/m1/s1. The second kappa shape index (κ2) is 11.1. The monoisotopic (exact) mass is 533 g/mol.